The van der Waals surface area contributed by atoms with Gasteiger partial charge in [0.25, 0.3) is 0 Å². The summed E-state index contributed by atoms with van der Waals surface area (Å²) >= 11 is 7.35. The van der Waals surface area contributed by atoms with E-state index in [1.807, 2.05) is 12.1 Å². The molecule has 2 aromatic rings. The molecule has 0 radical (unpaired) electrons. The minimum absolute atomic E-state index is 0.185. The van der Waals surface area contributed by atoms with Crippen LogP contribution in [0.3, 0.4) is 0 Å². The molecule has 1 heterocycles. The van der Waals surface area contributed by atoms with Gasteiger partial charge in [0.15, 0.2) is 0 Å². The van der Waals surface area contributed by atoms with Gasteiger partial charge >= 0.3 is 0 Å². The first kappa shape index (κ1) is 22.9. The molecule has 2 aromatic carbocycles. The van der Waals surface area contributed by atoms with Gasteiger partial charge in [0, 0.05) is 29.6 Å². The molecular formula is C21H25ClN2O4S2. The maximum atomic E-state index is 12.8. The SMILES string of the molecule is O=C(CSCCOc1cccc(Cl)c1)Nc1cccc(S(=O)(=O)N2CCCCC2)c1. The molecule has 1 aliphatic rings. The summed E-state index contributed by atoms with van der Waals surface area (Å²) in [6, 6.07) is 13.6. The molecule has 1 N–H and O–H groups in total. The fourth-order valence-electron chi connectivity index (χ4n) is 3.13. The second-order valence-electron chi connectivity index (χ2n) is 6.90. The van der Waals surface area contributed by atoms with Crippen molar-refractivity contribution < 1.29 is 17.9 Å². The van der Waals surface area contributed by atoms with Crippen molar-refractivity contribution in [1.29, 1.82) is 0 Å². The third-order valence-corrected chi connectivity index (χ3v) is 7.65. The molecule has 30 heavy (non-hydrogen) atoms. The van der Waals surface area contributed by atoms with Crippen LogP contribution < -0.4 is 10.1 Å². The van der Waals surface area contributed by atoms with E-state index in [1.54, 1.807) is 30.3 Å². The topological polar surface area (TPSA) is 75.7 Å². The Morgan fingerprint density at radius 2 is 1.87 bits per heavy atom. The van der Waals surface area contributed by atoms with Gasteiger partial charge in [0.2, 0.25) is 15.9 Å². The highest BCUT2D eigenvalue weighted by atomic mass is 35.5. The molecule has 1 fully saturated rings. The fraction of sp³-hybridized carbons (Fsp3) is 0.381. The Bertz CT molecular complexity index is 963. The third-order valence-electron chi connectivity index (χ3n) is 4.60. The number of thioether (sulfide) groups is 1. The van der Waals surface area contributed by atoms with Gasteiger partial charge in [-0.05, 0) is 49.2 Å². The summed E-state index contributed by atoms with van der Waals surface area (Å²) in [7, 11) is -3.52. The highest BCUT2D eigenvalue weighted by Crippen LogP contribution is 2.23. The Labute approximate surface area is 187 Å². The minimum Gasteiger partial charge on any atom is -0.493 e. The molecule has 0 saturated carbocycles. The van der Waals surface area contributed by atoms with Crippen molar-refractivity contribution in [2.24, 2.45) is 0 Å². The molecule has 1 aliphatic heterocycles. The van der Waals surface area contributed by atoms with Crippen LogP contribution in [0.25, 0.3) is 0 Å². The van der Waals surface area contributed by atoms with Crippen LogP contribution in [0.4, 0.5) is 5.69 Å². The number of halogens is 1. The van der Waals surface area contributed by atoms with E-state index in [1.165, 1.54) is 22.1 Å². The Kier molecular flexibility index (Phi) is 8.44. The van der Waals surface area contributed by atoms with Crippen LogP contribution in [0.15, 0.2) is 53.4 Å². The molecular weight excluding hydrogens is 444 g/mol. The van der Waals surface area contributed by atoms with E-state index in [4.69, 9.17) is 16.3 Å². The lowest BCUT2D eigenvalue weighted by Gasteiger charge is -2.26. The van der Waals surface area contributed by atoms with Crippen molar-refractivity contribution in [2.75, 3.05) is 36.5 Å². The highest BCUT2D eigenvalue weighted by Gasteiger charge is 2.26. The van der Waals surface area contributed by atoms with Gasteiger partial charge in [-0.15, -0.1) is 11.8 Å². The summed E-state index contributed by atoms with van der Waals surface area (Å²) in [6.07, 6.45) is 2.83. The van der Waals surface area contributed by atoms with Crippen LogP contribution in [-0.4, -0.2) is 49.8 Å². The van der Waals surface area contributed by atoms with Crippen molar-refractivity contribution >= 4 is 45.0 Å². The van der Waals surface area contributed by atoms with Gasteiger partial charge < -0.3 is 10.1 Å². The van der Waals surface area contributed by atoms with Gasteiger partial charge in [0.05, 0.1) is 17.3 Å². The van der Waals surface area contributed by atoms with Crippen LogP contribution in [0.1, 0.15) is 19.3 Å². The van der Waals surface area contributed by atoms with Gasteiger partial charge in [0.1, 0.15) is 5.75 Å². The van der Waals surface area contributed by atoms with E-state index < -0.39 is 10.0 Å². The number of carbonyl (C=O) groups is 1. The molecule has 3 rings (SSSR count). The van der Waals surface area contributed by atoms with E-state index in [-0.39, 0.29) is 16.6 Å². The highest BCUT2D eigenvalue weighted by molar-refractivity contribution is 7.99. The van der Waals surface area contributed by atoms with Crippen molar-refractivity contribution in [2.45, 2.75) is 24.2 Å². The number of nitrogens with one attached hydrogen (secondary N) is 1. The second kappa shape index (κ2) is 11.0. The molecule has 1 saturated heterocycles. The summed E-state index contributed by atoms with van der Waals surface area (Å²) < 4.78 is 32.7. The lowest BCUT2D eigenvalue weighted by atomic mass is 10.2. The summed E-state index contributed by atoms with van der Waals surface area (Å²) in [5.41, 5.74) is 0.480. The van der Waals surface area contributed by atoms with E-state index in [9.17, 15) is 13.2 Å². The zero-order chi connectivity index (χ0) is 21.4. The van der Waals surface area contributed by atoms with Crippen LogP contribution >= 0.6 is 23.4 Å². The average Bonchev–Trinajstić information content (AvgIpc) is 2.74. The summed E-state index contributed by atoms with van der Waals surface area (Å²) in [6.45, 7) is 1.56. The normalized spacial score (nSPS) is 15.0. The molecule has 9 heteroatoms. The molecule has 162 valence electrons. The Hall–Kier alpha value is -1.74. The van der Waals surface area contributed by atoms with E-state index in [2.05, 4.69) is 5.32 Å². The van der Waals surface area contributed by atoms with E-state index in [0.29, 0.717) is 41.9 Å². The maximum absolute atomic E-state index is 12.8. The Morgan fingerprint density at radius 1 is 1.10 bits per heavy atom. The van der Waals surface area contributed by atoms with Gasteiger partial charge in [-0.2, -0.15) is 4.31 Å². The van der Waals surface area contributed by atoms with Crippen molar-refractivity contribution in [3.63, 3.8) is 0 Å². The quantitative estimate of drug-likeness (QED) is 0.556. The average molecular weight is 469 g/mol. The number of anilines is 1. The monoisotopic (exact) mass is 468 g/mol. The molecule has 1 amide bonds. The zero-order valence-corrected chi connectivity index (χ0v) is 18.9. The van der Waals surface area contributed by atoms with Crippen LogP contribution in [-0.2, 0) is 14.8 Å². The summed E-state index contributed by atoms with van der Waals surface area (Å²) in [4.78, 5) is 12.4. The van der Waals surface area contributed by atoms with Crippen molar-refractivity contribution in [3.05, 3.63) is 53.6 Å². The van der Waals surface area contributed by atoms with Crippen molar-refractivity contribution in [1.82, 2.24) is 4.31 Å². The first-order chi connectivity index (χ1) is 14.4. The fourth-order valence-corrected chi connectivity index (χ4v) is 5.47. The molecule has 0 bridgehead atoms. The van der Waals surface area contributed by atoms with Gasteiger partial charge in [-0.1, -0.05) is 30.2 Å². The van der Waals surface area contributed by atoms with Crippen LogP contribution in [0.2, 0.25) is 5.02 Å². The zero-order valence-electron chi connectivity index (χ0n) is 16.6. The lowest BCUT2D eigenvalue weighted by Crippen LogP contribution is -2.35. The maximum Gasteiger partial charge on any atom is 0.243 e. The van der Waals surface area contributed by atoms with Gasteiger partial charge in [-0.3, -0.25) is 4.79 Å². The van der Waals surface area contributed by atoms with Crippen LogP contribution in [0.5, 0.6) is 5.75 Å². The summed E-state index contributed by atoms with van der Waals surface area (Å²) in [5, 5.41) is 3.39. The number of nitrogens with zero attached hydrogens (tertiary/aromatic N) is 1. The minimum atomic E-state index is -3.52. The number of benzene rings is 2. The lowest BCUT2D eigenvalue weighted by molar-refractivity contribution is -0.113. The Morgan fingerprint density at radius 3 is 2.63 bits per heavy atom. The predicted octanol–water partition coefficient (Wildman–Crippen LogP) is 4.27. The Balaban J connectivity index is 1.45. The predicted molar refractivity (Wildman–Crippen MR) is 122 cm³/mol. The number of ether oxygens (including phenoxy) is 1. The molecule has 0 atom stereocenters. The smallest absolute Gasteiger partial charge is 0.243 e. The third kappa shape index (κ3) is 6.63. The number of amides is 1. The molecule has 6 nitrogen and oxygen atoms in total. The number of sulfonamides is 1. The number of carbonyl (C=O) groups excluding carboxylic acids is 1. The van der Waals surface area contributed by atoms with Crippen LogP contribution in [0, 0.1) is 0 Å². The first-order valence-corrected chi connectivity index (χ1v) is 12.8. The molecule has 0 aromatic heterocycles. The second-order valence-corrected chi connectivity index (χ2v) is 10.4. The van der Waals surface area contributed by atoms with E-state index in [0.717, 1.165) is 19.3 Å². The molecule has 0 spiro atoms. The number of hydrogen-bond acceptors (Lipinski definition) is 5. The number of hydrogen-bond donors (Lipinski definition) is 1. The van der Waals surface area contributed by atoms with Gasteiger partial charge in [-0.25, -0.2) is 8.42 Å². The molecule has 0 unspecified atom stereocenters. The number of rotatable bonds is 9. The first-order valence-electron chi connectivity index (χ1n) is 9.81. The number of piperidine rings is 1. The largest absolute Gasteiger partial charge is 0.493 e. The standard InChI is InChI=1S/C21H25ClN2O4S2/c22-17-6-4-8-19(14-17)28-12-13-29-16-21(25)23-18-7-5-9-20(15-18)30(26,27)24-10-2-1-3-11-24/h4-9,14-15H,1-3,10-13,16H2,(H,23,25). The molecule has 0 aliphatic carbocycles. The van der Waals surface area contributed by atoms with Crippen molar-refractivity contribution in [3.8, 4) is 5.75 Å². The van der Waals surface area contributed by atoms with E-state index >= 15 is 0 Å². The summed E-state index contributed by atoms with van der Waals surface area (Å²) in [5.74, 6) is 1.40.